The molecule has 5 aromatic rings. The Morgan fingerprint density at radius 2 is 1.79 bits per heavy atom. The zero-order valence-corrected chi connectivity index (χ0v) is 19.9. The molecule has 0 aliphatic rings. The molecule has 0 aliphatic heterocycles. The van der Waals surface area contributed by atoms with Crippen molar-refractivity contribution in [2.45, 2.75) is 32.1 Å². The summed E-state index contributed by atoms with van der Waals surface area (Å²) < 4.78 is 11.1. The van der Waals surface area contributed by atoms with Crippen LogP contribution in [0.25, 0.3) is 33.6 Å². The van der Waals surface area contributed by atoms with Crippen molar-refractivity contribution >= 4 is 45.4 Å². The molecule has 3 aromatic heterocycles. The maximum absolute atomic E-state index is 12.6. The second kappa shape index (κ2) is 8.86. The average molecular weight is 477 g/mol. The van der Waals surface area contributed by atoms with Gasteiger partial charge in [-0.15, -0.1) is 10.2 Å². The van der Waals surface area contributed by atoms with Crippen molar-refractivity contribution in [1.29, 1.82) is 0 Å². The van der Waals surface area contributed by atoms with E-state index in [0.29, 0.717) is 35.5 Å². The zero-order chi connectivity index (χ0) is 23.8. The van der Waals surface area contributed by atoms with E-state index in [2.05, 4.69) is 15.5 Å². The number of carbonyl (C=O) groups excluding carboxylic acids is 1. The molecule has 2 aromatic carbocycles. The molecule has 34 heavy (non-hydrogen) atoms. The number of benzene rings is 2. The van der Waals surface area contributed by atoms with E-state index in [0.717, 1.165) is 22.0 Å². The minimum absolute atomic E-state index is 0.0402. The Morgan fingerprint density at radius 1 is 1.03 bits per heavy atom. The average Bonchev–Trinajstić information content (AvgIpc) is 3.49. The van der Waals surface area contributed by atoms with Crippen LogP contribution in [0.2, 0.25) is 0 Å². The first-order valence-corrected chi connectivity index (χ1v) is 12.0. The second-order valence-electron chi connectivity index (χ2n) is 7.83. The molecule has 5 rings (SSSR count). The fourth-order valence-electron chi connectivity index (χ4n) is 4.08. The monoisotopic (exact) mass is 476 g/mol. The highest BCUT2D eigenvalue weighted by Crippen LogP contribution is 2.28. The number of hydrogen-bond acceptors (Lipinski definition) is 6. The summed E-state index contributed by atoms with van der Waals surface area (Å²) in [5, 5.41) is 13.0. The smallest absolute Gasteiger partial charge is 0.329 e. The van der Waals surface area contributed by atoms with Gasteiger partial charge in [0.2, 0.25) is 5.91 Å². The maximum Gasteiger partial charge on any atom is 0.329 e. The molecular formula is C24H24N6O3S. The molecule has 0 atom stereocenters. The van der Waals surface area contributed by atoms with Gasteiger partial charge in [-0.2, -0.15) is 0 Å². The predicted molar refractivity (Wildman–Crippen MR) is 133 cm³/mol. The molecule has 3 heterocycles. The number of nitrogens with zero attached hydrogens (tertiary/aromatic N) is 5. The van der Waals surface area contributed by atoms with Gasteiger partial charge in [0.15, 0.2) is 16.7 Å². The molecule has 0 saturated carbocycles. The minimum atomic E-state index is -0.169. The van der Waals surface area contributed by atoms with E-state index in [9.17, 15) is 9.59 Å². The first-order valence-electron chi connectivity index (χ1n) is 11.0. The maximum atomic E-state index is 12.6. The number of fused-ring (bicyclic) bond motifs is 2. The third-order valence-electron chi connectivity index (χ3n) is 5.75. The van der Waals surface area contributed by atoms with E-state index >= 15 is 0 Å². The van der Waals surface area contributed by atoms with Gasteiger partial charge in [0.05, 0.1) is 16.8 Å². The predicted octanol–water partition coefficient (Wildman–Crippen LogP) is 4.12. The number of furan rings is 1. The lowest BCUT2D eigenvalue weighted by molar-refractivity contribution is -0.113. The number of aryl methyl sites for hydroxylation is 2. The lowest BCUT2D eigenvalue weighted by atomic mass is 10.2. The summed E-state index contributed by atoms with van der Waals surface area (Å²) in [4.78, 5) is 25.2. The molecule has 9 nitrogen and oxygen atoms in total. The van der Waals surface area contributed by atoms with Crippen molar-refractivity contribution in [1.82, 2.24) is 23.9 Å². The Balaban J connectivity index is 1.29. The molecule has 10 heteroatoms. The molecule has 0 aliphatic carbocycles. The number of imidazole rings is 1. The highest BCUT2D eigenvalue weighted by molar-refractivity contribution is 7.99. The van der Waals surface area contributed by atoms with Crippen molar-refractivity contribution in [3.63, 3.8) is 0 Å². The van der Waals surface area contributed by atoms with Crippen molar-refractivity contribution < 1.29 is 9.21 Å². The standard InChI is InChI=1S/C24H24N6O3S/c1-4-29-17-11-10-16(13-18(17)30(5-2)24(29)32)25-21(31)14-34-23-27-26-22(28(23)3)20-12-15-8-6-7-9-19(15)33-20/h6-13H,4-5,14H2,1-3H3,(H,25,31). The molecule has 0 unspecified atom stereocenters. The number of thioether (sulfide) groups is 1. The molecular weight excluding hydrogens is 452 g/mol. The van der Waals surface area contributed by atoms with Gasteiger partial charge >= 0.3 is 5.69 Å². The summed E-state index contributed by atoms with van der Waals surface area (Å²) in [5.41, 5.74) is 3.06. The molecule has 0 saturated heterocycles. The Kier molecular flexibility index (Phi) is 5.74. The fourth-order valence-corrected chi connectivity index (χ4v) is 4.79. The highest BCUT2D eigenvalue weighted by atomic mass is 32.2. The molecule has 1 amide bonds. The van der Waals surface area contributed by atoms with Gasteiger partial charge in [-0.3, -0.25) is 13.9 Å². The van der Waals surface area contributed by atoms with E-state index in [4.69, 9.17) is 4.42 Å². The normalized spacial score (nSPS) is 11.5. The summed E-state index contributed by atoms with van der Waals surface area (Å²) in [7, 11) is 1.85. The summed E-state index contributed by atoms with van der Waals surface area (Å²) in [6.45, 7) is 5.04. The minimum Gasteiger partial charge on any atom is -0.453 e. The van der Waals surface area contributed by atoms with Crippen LogP contribution in [-0.4, -0.2) is 35.6 Å². The Morgan fingerprint density at radius 3 is 2.56 bits per heavy atom. The molecule has 0 radical (unpaired) electrons. The first-order chi connectivity index (χ1) is 16.5. The van der Waals surface area contributed by atoms with Crippen LogP contribution in [0.3, 0.4) is 0 Å². The van der Waals surface area contributed by atoms with Crippen LogP contribution in [0.15, 0.2) is 62.9 Å². The molecule has 0 fully saturated rings. The Labute approximate surface area is 199 Å². The van der Waals surface area contributed by atoms with Crippen LogP contribution in [-0.2, 0) is 24.9 Å². The van der Waals surface area contributed by atoms with Crippen LogP contribution < -0.4 is 11.0 Å². The zero-order valence-electron chi connectivity index (χ0n) is 19.1. The third kappa shape index (κ3) is 3.79. The fraction of sp³-hybridized carbons (Fsp3) is 0.250. The quantitative estimate of drug-likeness (QED) is 0.355. The largest absolute Gasteiger partial charge is 0.453 e. The van der Waals surface area contributed by atoms with Crippen LogP contribution >= 0.6 is 11.8 Å². The summed E-state index contributed by atoms with van der Waals surface area (Å²) in [6.07, 6.45) is 0. The van der Waals surface area contributed by atoms with Gasteiger partial charge in [-0.25, -0.2) is 4.79 Å². The van der Waals surface area contributed by atoms with Crippen LogP contribution in [0.5, 0.6) is 0 Å². The number of para-hydroxylation sites is 1. The van der Waals surface area contributed by atoms with Gasteiger partial charge < -0.3 is 14.3 Å². The highest BCUT2D eigenvalue weighted by Gasteiger charge is 2.17. The van der Waals surface area contributed by atoms with Gasteiger partial charge in [0.1, 0.15) is 5.58 Å². The molecule has 174 valence electrons. The summed E-state index contributed by atoms with van der Waals surface area (Å²) >= 11 is 1.29. The van der Waals surface area contributed by atoms with E-state index in [1.807, 2.05) is 74.0 Å². The van der Waals surface area contributed by atoms with Crippen molar-refractivity contribution in [3.05, 3.63) is 59.0 Å². The number of nitrogens with one attached hydrogen (secondary N) is 1. The molecule has 1 N–H and O–H groups in total. The van der Waals surface area contributed by atoms with Gasteiger partial charge in [0, 0.05) is 31.2 Å². The van der Waals surface area contributed by atoms with E-state index in [1.165, 1.54) is 11.8 Å². The van der Waals surface area contributed by atoms with Gasteiger partial charge in [0.25, 0.3) is 0 Å². The first kappa shape index (κ1) is 22.0. The molecule has 0 spiro atoms. The van der Waals surface area contributed by atoms with E-state index in [-0.39, 0.29) is 17.3 Å². The number of anilines is 1. The number of hydrogen-bond donors (Lipinski definition) is 1. The van der Waals surface area contributed by atoms with Crippen LogP contribution in [0.1, 0.15) is 13.8 Å². The van der Waals surface area contributed by atoms with Gasteiger partial charge in [-0.05, 0) is 44.2 Å². The topological polar surface area (TPSA) is 99.9 Å². The number of aromatic nitrogens is 5. The van der Waals surface area contributed by atoms with E-state index < -0.39 is 0 Å². The Hall–Kier alpha value is -3.79. The number of carbonyl (C=O) groups is 1. The lowest BCUT2D eigenvalue weighted by Gasteiger charge is -2.07. The van der Waals surface area contributed by atoms with Crippen molar-refractivity contribution in [2.75, 3.05) is 11.1 Å². The van der Waals surface area contributed by atoms with Crippen molar-refractivity contribution in [2.24, 2.45) is 7.05 Å². The van der Waals surface area contributed by atoms with Crippen molar-refractivity contribution in [3.8, 4) is 11.6 Å². The lowest BCUT2D eigenvalue weighted by Crippen LogP contribution is -2.23. The van der Waals surface area contributed by atoms with Crippen LogP contribution in [0, 0.1) is 0 Å². The summed E-state index contributed by atoms with van der Waals surface area (Å²) in [6, 6.07) is 15.2. The second-order valence-corrected chi connectivity index (χ2v) is 8.77. The van der Waals surface area contributed by atoms with Crippen LogP contribution in [0.4, 0.5) is 5.69 Å². The number of amides is 1. The molecule has 0 bridgehead atoms. The Bertz CT molecular complexity index is 1540. The van der Waals surface area contributed by atoms with Gasteiger partial charge in [-0.1, -0.05) is 30.0 Å². The summed E-state index contributed by atoms with van der Waals surface area (Å²) in [5.74, 6) is 1.23. The van der Waals surface area contributed by atoms with E-state index in [1.54, 1.807) is 9.13 Å². The third-order valence-corrected chi connectivity index (χ3v) is 6.77. The SMILES string of the molecule is CCn1c(=O)n(CC)c2cc(NC(=O)CSc3nnc(-c4cc5ccccc5o4)n3C)ccc21. The number of rotatable bonds is 7.